The van der Waals surface area contributed by atoms with E-state index in [1.54, 1.807) is 11.7 Å². The number of aryl methyl sites for hydroxylation is 2. The average Bonchev–Trinajstić information content (AvgIpc) is 3.16. The van der Waals surface area contributed by atoms with Gasteiger partial charge in [0.1, 0.15) is 0 Å². The van der Waals surface area contributed by atoms with Gasteiger partial charge < -0.3 is 10.2 Å². The van der Waals surface area contributed by atoms with Gasteiger partial charge in [-0.1, -0.05) is 0 Å². The van der Waals surface area contributed by atoms with E-state index in [2.05, 4.69) is 20.4 Å². The normalized spacial score (nSPS) is 15.9. The molecule has 3 heterocycles. The molecule has 180 valence electrons. The fourth-order valence-electron chi connectivity index (χ4n) is 4.26. The van der Waals surface area contributed by atoms with E-state index >= 15 is 0 Å². The van der Waals surface area contributed by atoms with E-state index in [9.17, 15) is 18.0 Å². The van der Waals surface area contributed by atoms with Crippen LogP contribution < -0.4 is 10.2 Å². The van der Waals surface area contributed by atoms with E-state index in [0.717, 1.165) is 29.8 Å². The Hall–Kier alpha value is -3.47. The van der Waals surface area contributed by atoms with E-state index in [4.69, 9.17) is 0 Å². The molecular weight excluding hydrogens is 447 g/mol. The van der Waals surface area contributed by atoms with Gasteiger partial charge in [-0.3, -0.25) is 9.69 Å². The van der Waals surface area contributed by atoms with Crippen LogP contribution in [0.3, 0.4) is 0 Å². The van der Waals surface area contributed by atoms with Gasteiger partial charge in [-0.25, -0.2) is 14.6 Å². The van der Waals surface area contributed by atoms with Crippen LogP contribution >= 0.6 is 0 Å². The van der Waals surface area contributed by atoms with Gasteiger partial charge in [-0.15, -0.1) is 0 Å². The zero-order valence-corrected chi connectivity index (χ0v) is 19.2. The van der Waals surface area contributed by atoms with Crippen LogP contribution in [0.15, 0.2) is 36.7 Å². The molecule has 1 aliphatic heterocycles. The average molecular weight is 474 g/mol. The Bertz CT molecular complexity index is 1150. The summed E-state index contributed by atoms with van der Waals surface area (Å²) in [5.74, 6) is 0.384. The molecule has 0 aliphatic carbocycles. The van der Waals surface area contributed by atoms with Gasteiger partial charge in [0.25, 0.3) is 0 Å². The highest BCUT2D eigenvalue weighted by Crippen LogP contribution is 2.38. The summed E-state index contributed by atoms with van der Waals surface area (Å²) >= 11 is 0. The first-order valence-electron chi connectivity index (χ1n) is 10.9. The lowest BCUT2D eigenvalue weighted by atomic mass is 10.0. The maximum atomic E-state index is 13.4. The van der Waals surface area contributed by atoms with Crippen LogP contribution in [-0.4, -0.2) is 64.2 Å². The molecule has 8 nitrogen and oxygen atoms in total. The van der Waals surface area contributed by atoms with Crippen LogP contribution in [0.5, 0.6) is 0 Å². The van der Waals surface area contributed by atoms with Crippen molar-refractivity contribution < 1.29 is 18.0 Å². The minimum absolute atomic E-state index is 0.384. The van der Waals surface area contributed by atoms with Gasteiger partial charge in [0.05, 0.1) is 11.3 Å². The van der Waals surface area contributed by atoms with E-state index in [1.165, 1.54) is 18.5 Å². The topological polar surface area (TPSA) is 79.2 Å². The minimum Gasteiger partial charge on any atom is -0.368 e. The SMILES string of the molecule is CNc1ncc(-c2cc(C(F)(F)F)ccc2N2CCN(C(C=O)n3nc(C)cc3C)CC2)cn1. The van der Waals surface area contributed by atoms with E-state index in [0.29, 0.717) is 48.9 Å². The molecule has 1 fully saturated rings. The lowest BCUT2D eigenvalue weighted by Gasteiger charge is -2.39. The molecule has 4 rings (SSSR count). The van der Waals surface area contributed by atoms with Crippen molar-refractivity contribution in [2.45, 2.75) is 26.2 Å². The zero-order chi connectivity index (χ0) is 24.5. The molecule has 11 heteroatoms. The summed E-state index contributed by atoms with van der Waals surface area (Å²) in [6, 6.07) is 5.66. The summed E-state index contributed by atoms with van der Waals surface area (Å²) in [6.07, 6.45) is -1.09. The number of carbonyl (C=O) groups is 1. The van der Waals surface area contributed by atoms with Gasteiger partial charge in [0.15, 0.2) is 12.5 Å². The molecule has 1 N–H and O–H groups in total. The second-order valence-corrected chi connectivity index (χ2v) is 8.22. The summed E-state index contributed by atoms with van der Waals surface area (Å²) in [6.45, 7) is 5.97. The van der Waals surface area contributed by atoms with Crippen molar-refractivity contribution in [3.05, 3.63) is 53.6 Å². The summed E-state index contributed by atoms with van der Waals surface area (Å²) in [7, 11) is 1.67. The van der Waals surface area contributed by atoms with Gasteiger partial charge in [-0.05, 0) is 38.1 Å². The Morgan fingerprint density at radius 1 is 1.06 bits per heavy atom. The lowest BCUT2D eigenvalue weighted by molar-refractivity contribution is -0.137. The first kappa shape index (κ1) is 23.7. The molecule has 0 radical (unpaired) electrons. The van der Waals surface area contributed by atoms with Gasteiger partial charge in [0, 0.05) is 68.1 Å². The number of aldehydes is 1. The predicted molar refractivity (Wildman–Crippen MR) is 123 cm³/mol. The first-order chi connectivity index (χ1) is 16.2. The number of benzene rings is 1. The number of aromatic nitrogens is 4. The van der Waals surface area contributed by atoms with Crippen molar-refractivity contribution in [2.24, 2.45) is 0 Å². The van der Waals surface area contributed by atoms with E-state index < -0.39 is 17.9 Å². The Labute approximate surface area is 195 Å². The first-order valence-corrected chi connectivity index (χ1v) is 10.9. The molecule has 3 aromatic rings. The Morgan fingerprint density at radius 2 is 1.74 bits per heavy atom. The van der Waals surface area contributed by atoms with Crippen molar-refractivity contribution in [1.82, 2.24) is 24.6 Å². The van der Waals surface area contributed by atoms with Crippen molar-refractivity contribution >= 4 is 17.9 Å². The lowest BCUT2D eigenvalue weighted by Crippen LogP contribution is -2.49. The maximum absolute atomic E-state index is 13.4. The summed E-state index contributed by atoms with van der Waals surface area (Å²) in [5, 5.41) is 7.24. The fourth-order valence-corrected chi connectivity index (χ4v) is 4.26. The number of piperazine rings is 1. The second kappa shape index (κ2) is 9.41. The fraction of sp³-hybridized carbons (Fsp3) is 0.391. The smallest absolute Gasteiger partial charge is 0.368 e. The minimum atomic E-state index is -4.46. The molecule has 1 saturated heterocycles. The molecular formula is C23H26F3N7O. The molecule has 1 atom stereocenters. The van der Waals surface area contributed by atoms with Crippen LogP contribution in [0.2, 0.25) is 0 Å². The van der Waals surface area contributed by atoms with Crippen LogP contribution in [-0.2, 0) is 11.0 Å². The largest absolute Gasteiger partial charge is 0.416 e. The van der Waals surface area contributed by atoms with Crippen LogP contribution in [0.4, 0.5) is 24.8 Å². The van der Waals surface area contributed by atoms with E-state index in [1.807, 2.05) is 29.7 Å². The number of alkyl halides is 3. The molecule has 2 aromatic heterocycles. The highest BCUT2D eigenvalue weighted by molar-refractivity contribution is 5.79. The third-order valence-electron chi connectivity index (χ3n) is 5.96. The number of hydrogen-bond acceptors (Lipinski definition) is 7. The number of rotatable bonds is 6. The summed E-state index contributed by atoms with van der Waals surface area (Å²) < 4.78 is 42.1. The number of nitrogens with one attached hydrogen (secondary N) is 1. The van der Waals surface area contributed by atoms with Gasteiger partial charge in [0.2, 0.25) is 5.95 Å². The molecule has 1 aliphatic rings. The number of nitrogens with zero attached hydrogens (tertiary/aromatic N) is 6. The number of anilines is 2. The van der Waals surface area contributed by atoms with Crippen LogP contribution in [0, 0.1) is 13.8 Å². The van der Waals surface area contributed by atoms with Crippen molar-refractivity contribution in [2.75, 3.05) is 43.4 Å². The Kier molecular flexibility index (Phi) is 6.56. The van der Waals surface area contributed by atoms with Crippen molar-refractivity contribution in [3.63, 3.8) is 0 Å². The molecule has 0 saturated carbocycles. The molecule has 1 unspecified atom stereocenters. The number of halogens is 3. The molecule has 0 spiro atoms. The second-order valence-electron chi connectivity index (χ2n) is 8.22. The Balaban J connectivity index is 1.60. The maximum Gasteiger partial charge on any atom is 0.416 e. The Morgan fingerprint density at radius 3 is 2.26 bits per heavy atom. The van der Waals surface area contributed by atoms with Crippen LogP contribution in [0.1, 0.15) is 23.1 Å². The molecule has 34 heavy (non-hydrogen) atoms. The monoisotopic (exact) mass is 473 g/mol. The quantitative estimate of drug-likeness (QED) is 0.549. The van der Waals surface area contributed by atoms with Gasteiger partial charge >= 0.3 is 6.18 Å². The molecule has 0 bridgehead atoms. The molecule has 0 amide bonds. The highest BCUT2D eigenvalue weighted by Gasteiger charge is 2.33. The van der Waals surface area contributed by atoms with Crippen LogP contribution in [0.25, 0.3) is 11.1 Å². The predicted octanol–water partition coefficient (Wildman–Crippen LogP) is 3.54. The number of hydrogen-bond donors (Lipinski definition) is 1. The van der Waals surface area contributed by atoms with Crippen molar-refractivity contribution in [1.29, 1.82) is 0 Å². The zero-order valence-electron chi connectivity index (χ0n) is 19.2. The summed E-state index contributed by atoms with van der Waals surface area (Å²) in [4.78, 5) is 24.3. The molecule has 1 aromatic carbocycles. The third kappa shape index (κ3) is 4.74. The highest BCUT2D eigenvalue weighted by atomic mass is 19.4. The standard InChI is InChI=1S/C23H26F3N7O/c1-15-10-16(2)33(30-15)21(14-34)32-8-6-31(7-9-32)20-5-4-18(23(24,25)26)11-19(20)17-12-28-22(27-3)29-13-17/h4-5,10-14,21H,6-9H2,1-3H3,(H,27,28,29). The third-order valence-corrected chi connectivity index (χ3v) is 5.96. The summed E-state index contributed by atoms with van der Waals surface area (Å²) in [5.41, 5.74) is 2.58. The van der Waals surface area contributed by atoms with E-state index in [-0.39, 0.29) is 0 Å². The number of carbonyl (C=O) groups excluding carboxylic acids is 1. The van der Waals surface area contributed by atoms with Crippen molar-refractivity contribution in [3.8, 4) is 11.1 Å². The van der Waals surface area contributed by atoms with Gasteiger partial charge in [-0.2, -0.15) is 18.3 Å².